The minimum atomic E-state index is -0.321. The van der Waals surface area contributed by atoms with Gasteiger partial charge in [0.25, 0.3) is 0 Å². The number of tetrazole rings is 1. The molecule has 0 saturated carbocycles. The number of thioether (sulfide) groups is 1. The number of nitrogens with one attached hydrogen (secondary N) is 1. The molecular weight excluding hydrogens is 370 g/mol. The van der Waals surface area contributed by atoms with Gasteiger partial charge in [-0.2, -0.15) is 4.68 Å². The van der Waals surface area contributed by atoms with Crippen LogP contribution < -0.4 is 5.32 Å². The number of carbonyl (C=O) groups excluding carboxylic acids is 1. The van der Waals surface area contributed by atoms with E-state index in [0.717, 1.165) is 24.1 Å². The van der Waals surface area contributed by atoms with Crippen molar-refractivity contribution in [2.45, 2.75) is 50.1 Å². The summed E-state index contributed by atoms with van der Waals surface area (Å²) in [6, 6.07) is 18.0. The highest BCUT2D eigenvalue weighted by molar-refractivity contribution is 8.00. The number of benzene rings is 2. The summed E-state index contributed by atoms with van der Waals surface area (Å²) in [5.41, 5.74) is 3.17. The van der Waals surface area contributed by atoms with Crippen molar-refractivity contribution in [2.75, 3.05) is 0 Å². The maximum absolute atomic E-state index is 12.8. The average Bonchev–Trinajstić information content (AvgIpc) is 3.17. The fourth-order valence-electron chi connectivity index (χ4n) is 2.90. The highest BCUT2D eigenvalue weighted by Crippen LogP contribution is 2.25. The Balaban J connectivity index is 1.69. The molecule has 0 aliphatic carbocycles. The van der Waals surface area contributed by atoms with Crippen LogP contribution in [0.1, 0.15) is 43.9 Å². The number of nitrogens with zero attached hydrogens (tertiary/aromatic N) is 4. The van der Waals surface area contributed by atoms with Crippen LogP contribution in [0, 0.1) is 6.92 Å². The van der Waals surface area contributed by atoms with Crippen molar-refractivity contribution in [1.82, 2.24) is 25.5 Å². The first-order valence-corrected chi connectivity index (χ1v) is 10.3. The second kappa shape index (κ2) is 9.50. The Labute approximate surface area is 169 Å². The van der Waals surface area contributed by atoms with Crippen molar-refractivity contribution < 1.29 is 4.79 Å². The molecule has 146 valence electrons. The summed E-state index contributed by atoms with van der Waals surface area (Å²) in [7, 11) is 0. The van der Waals surface area contributed by atoms with Crippen LogP contribution in [-0.2, 0) is 4.79 Å². The van der Waals surface area contributed by atoms with Gasteiger partial charge in [-0.3, -0.25) is 4.79 Å². The maximum Gasteiger partial charge on any atom is 0.233 e. The molecule has 7 heteroatoms. The van der Waals surface area contributed by atoms with Gasteiger partial charge in [-0.15, -0.1) is 5.10 Å². The van der Waals surface area contributed by atoms with Gasteiger partial charge in [0.15, 0.2) is 0 Å². The van der Waals surface area contributed by atoms with Gasteiger partial charge < -0.3 is 5.32 Å². The Morgan fingerprint density at radius 1 is 1.14 bits per heavy atom. The van der Waals surface area contributed by atoms with E-state index >= 15 is 0 Å². The van der Waals surface area contributed by atoms with E-state index < -0.39 is 0 Å². The molecule has 6 nitrogen and oxygen atoms in total. The van der Waals surface area contributed by atoms with E-state index in [-0.39, 0.29) is 17.2 Å². The first-order chi connectivity index (χ1) is 13.6. The lowest BCUT2D eigenvalue weighted by Crippen LogP contribution is -2.34. The third-order valence-electron chi connectivity index (χ3n) is 4.47. The molecule has 2 atom stereocenters. The van der Waals surface area contributed by atoms with Crippen LogP contribution in [0.5, 0.6) is 0 Å². The predicted molar refractivity (Wildman–Crippen MR) is 111 cm³/mol. The molecular formula is C21H25N5OS. The Hall–Kier alpha value is -2.67. The molecule has 0 aliphatic heterocycles. The van der Waals surface area contributed by atoms with E-state index in [0.29, 0.717) is 5.16 Å². The molecule has 3 aromatic rings. The SMILES string of the molecule is CCC[C@H](NC(=O)[C@@H](C)Sc1nnnn1-c1ccc(C)cc1)c1ccccc1. The van der Waals surface area contributed by atoms with Gasteiger partial charge in [0.05, 0.1) is 17.0 Å². The molecule has 0 spiro atoms. The number of carbonyl (C=O) groups is 1. The van der Waals surface area contributed by atoms with Gasteiger partial charge in [-0.05, 0) is 48.4 Å². The summed E-state index contributed by atoms with van der Waals surface area (Å²) in [6.07, 6.45) is 1.89. The topological polar surface area (TPSA) is 72.7 Å². The summed E-state index contributed by atoms with van der Waals surface area (Å²) in [5, 5.41) is 15.4. The van der Waals surface area contributed by atoms with Gasteiger partial charge in [0.2, 0.25) is 11.1 Å². The lowest BCUT2D eigenvalue weighted by atomic mass is 10.0. The number of hydrogen-bond donors (Lipinski definition) is 1. The lowest BCUT2D eigenvalue weighted by molar-refractivity contribution is -0.121. The number of rotatable bonds is 8. The molecule has 0 fully saturated rings. The summed E-state index contributed by atoms with van der Waals surface area (Å²) in [6.45, 7) is 6.03. The Kier molecular flexibility index (Phi) is 6.81. The summed E-state index contributed by atoms with van der Waals surface area (Å²) in [5.74, 6) is -0.0224. The van der Waals surface area contributed by atoms with Crippen LogP contribution in [0.25, 0.3) is 5.69 Å². The summed E-state index contributed by atoms with van der Waals surface area (Å²) >= 11 is 1.35. The molecule has 0 saturated heterocycles. The van der Waals surface area contributed by atoms with Gasteiger partial charge in [0, 0.05) is 0 Å². The smallest absolute Gasteiger partial charge is 0.233 e. The lowest BCUT2D eigenvalue weighted by Gasteiger charge is -2.21. The Bertz CT molecular complexity index is 895. The van der Waals surface area contributed by atoms with Crippen molar-refractivity contribution in [2.24, 2.45) is 0 Å². The quantitative estimate of drug-likeness (QED) is 0.581. The first kappa shape index (κ1) is 20.1. The molecule has 0 radical (unpaired) electrons. The zero-order valence-electron chi connectivity index (χ0n) is 16.4. The van der Waals surface area contributed by atoms with Crippen molar-refractivity contribution >= 4 is 17.7 Å². The maximum atomic E-state index is 12.8. The zero-order chi connectivity index (χ0) is 19.9. The standard InChI is InChI=1S/C21H25N5OS/c1-4-8-19(17-9-6-5-7-10-17)22-20(27)16(3)28-21-23-24-25-26(21)18-13-11-15(2)12-14-18/h5-7,9-14,16,19H,4,8H2,1-3H3,(H,22,27)/t16-,19+/m1/s1. The second-order valence-electron chi connectivity index (χ2n) is 6.73. The molecule has 2 aromatic carbocycles. The number of amides is 1. The largest absolute Gasteiger partial charge is 0.348 e. The van der Waals surface area contributed by atoms with Gasteiger partial charge in [-0.1, -0.05) is 73.1 Å². The number of aryl methyl sites for hydroxylation is 1. The van der Waals surface area contributed by atoms with E-state index in [4.69, 9.17) is 0 Å². The molecule has 1 amide bonds. The van der Waals surface area contributed by atoms with E-state index in [1.165, 1.54) is 17.3 Å². The zero-order valence-corrected chi connectivity index (χ0v) is 17.2. The normalized spacial score (nSPS) is 13.1. The molecule has 1 N–H and O–H groups in total. The van der Waals surface area contributed by atoms with Crippen LogP contribution >= 0.6 is 11.8 Å². The molecule has 0 unspecified atom stereocenters. The van der Waals surface area contributed by atoms with E-state index in [2.05, 4.69) is 39.9 Å². The van der Waals surface area contributed by atoms with Gasteiger partial charge >= 0.3 is 0 Å². The Morgan fingerprint density at radius 2 is 1.86 bits per heavy atom. The monoisotopic (exact) mass is 395 g/mol. The van der Waals surface area contributed by atoms with Crippen LogP contribution in [0.4, 0.5) is 0 Å². The fourth-order valence-corrected chi connectivity index (χ4v) is 3.71. The van der Waals surface area contributed by atoms with Crippen LogP contribution in [-0.4, -0.2) is 31.4 Å². The van der Waals surface area contributed by atoms with Crippen molar-refractivity contribution in [1.29, 1.82) is 0 Å². The Morgan fingerprint density at radius 3 is 2.54 bits per heavy atom. The van der Waals surface area contributed by atoms with Crippen LogP contribution in [0.15, 0.2) is 59.8 Å². The highest BCUT2D eigenvalue weighted by atomic mass is 32.2. The van der Waals surface area contributed by atoms with E-state index in [9.17, 15) is 4.79 Å². The molecule has 0 bridgehead atoms. The summed E-state index contributed by atoms with van der Waals surface area (Å²) < 4.78 is 1.66. The minimum Gasteiger partial charge on any atom is -0.348 e. The first-order valence-electron chi connectivity index (χ1n) is 9.46. The van der Waals surface area contributed by atoms with Crippen molar-refractivity contribution in [3.63, 3.8) is 0 Å². The summed E-state index contributed by atoms with van der Waals surface area (Å²) in [4.78, 5) is 12.8. The third kappa shape index (κ3) is 4.98. The third-order valence-corrected chi connectivity index (χ3v) is 5.50. The minimum absolute atomic E-state index is 0.00911. The van der Waals surface area contributed by atoms with Gasteiger partial charge in [-0.25, -0.2) is 0 Å². The molecule has 28 heavy (non-hydrogen) atoms. The second-order valence-corrected chi connectivity index (χ2v) is 8.04. The number of hydrogen-bond acceptors (Lipinski definition) is 5. The molecule has 1 heterocycles. The predicted octanol–water partition coefficient (Wildman–Crippen LogP) is 4.11. The average molecular weight is 396 g/mol. The molecule has 0 aliphatic rings. The van der Waals surface area contributed by atoms with Crippen LogP contribution in [0.2, 0.25) is 0 Å². The molecule has 3 rings (SSSR count). The van der Waals surface area contributed by atoms with E-state index in [1.54, 1.807) is 4.68 Å². The fraction of sp³-hybridized carbons (Fsp3) is 0.333. The van der Waals surface area contributed by atoms with Gasteiger partial charge in [0.1, 0.15) is 0 Å². The molecule has 1 aromatic heterocycles. The number of aromatic nitrogens is 4. The van der Waals surface area contributed by atoms with Crippen molar-refractivity contribution in [3.05, 3.63) is 65.7 Å². The van der Waals surface area contributed by atoms with E-state index in [1.807, 2.05) is 56.3 Å². The highest BCUT2D eigenvalue weighted by Gasteiger charge is 2.22. The van der Waals surface area contributed by atoms with Crippen molar-refractivity contribution in [3.8, 4) is 5.69 Å². The van der Waals surface area contributed by atoms with Crippen LogP contribution in [0.3, 0.4) is 0 Å².